The average Bonchev–Trinajstić information content (AvgIpc) is 2.78. The number of rotatable bonds is 7. The summed E-state index contributed by atoms with van der Waals surface area (Å²) in [5, 5.41) is 2.85. The summed E-state index contributed by atoms with van der Waals surface area (Å²) in [6, 6.07) is 11.8. The zero-order valence-electron chi connectivity index (χ0n) is 17.6. The topological polar surface area (TPSA) is 75.7 Å². The molecule has 0 saturated carbocycles. The first-order chi connectivity index (χ1) is 15.1. The summed E-state index contributed by atoms with van der Waals surface area (Å²) < 4.78 is 71.5. The monoisotopic (exact) mass is 470 g/mol. The number of benzene rings is 2. The second-order valence-corrected chi connectivity index (χ2v) is 9.55. The van der Waals surface area contributed by atoms with Crippen LogP contribution in [0, 0.1) is 5.92 Å². The molecule has 0 bridgehead atoms. The van der Waals surface area contributed by atoms with Gasteiger partial charge in [-0.05, 0) is 36.1 Å². The van der Waals surface area contributed by atoms with Crippen molar-refractivity contribution in [1.29, 1.82) is 0 Å². The van der Waals surface area contributed by atoms with Gasteiger partial charge >= 0.3 is 6.18 Å². The number of ether oxygens (including phenoxy) is 1. The maximum absolute atomic E-state index is 13.3. The fraction of sp³-hybridized carbons (Fsp3) is 0.409. The molecule has 1 aliphatic heterocycles. The smallest absolute Gasteiger partial charge is 0.380 e. The Labute approximate surface area is 185 Å². The van der Waals surface area contributed by atoms with Crippen LogP contribution >= 0.6 is 0 Å². The van der Waals surface area contributed by atoms with Gasteiger partial charge in [-0.1, -0.05) is 36.4 Å². The van der Waals surface area contributed by atoms with Crippen molar-refractivity contribution >= 4 is 15.9 Å². The van der Waals surface area contributed by atoms with Crippen LogP contribution in [0.5, 0.6) is 0 Å². The Morgan fingerprint density at radius 2 is 1.66 bits per heavy atom. The van der Waals surface area contributed by atoms with E-state index in [1.807, 2.05) is 24.3 Å². The van der Waals surface area contributed by atoms with E-state index in [0.29, 0.717) is 13.2 Å². The number of nitrogens with one attached hydrogen (secondary N) is 1. The van der Waals surface area contributed by atoms with E-state index in [2.05, 4.69) is 5.32 Å². The van der Waals surface area contributed by atoms with E-state index in [4.69, 9.17) is 4.74 Å². The van der Waals surface area contributed by atoms with Crippen LogP contribution in [0.1, 0.15) is 29.5 Å². The van der Waals surface area contributed by atoms with Crippen molar-refractivity contribution in [2.45, 2.75) is 37.1 Å². The van der Waals surface area contributed by atoms with E-state index in [1.54, 1.807) is 7.11 Å². The zero-order valence-corrected chi connectivity index (χ0v) is 18.4. The summed E-state index contributed by atoms with van der Waals surface area (Å²) in [5.41, 5.74) is 0.751. The molecule has 0 aliphatic carbocycles. The third-order valence-corrected chi connectivity index (χ3v) is 7.39. The van der Waals surface area contributed by atoms with Crippen molar-refractivity contribution in [3.05, 3.63) is 65.2 Å². The molecule has 1 heterocycles. The number of hydrogen-bond donors (Lipinski definition) is 1. The Balaban J connectivity index is 1.58. The highest BCUT2D eigenvalue weighted by atomic mass is 32.2. The van der Waals surface area contributed by atoms with Crippen molar-refractivity contribution in [2.24, 2.45) is 5.92 Å². The highest BCUT2D eigenvalue weighted by Gasteiger charge is 2.40. The number of hydrogen-bond acceptors (Lipinski definition) is 4. The van der Waals surface area contributed by atoms with E-state index in [-0.39, 0.29) is 31.8 Å². The number of carbonyl (C=O) groups is 1. The quantitative estimate of drug-likeness (QED) is 0.672. The molecule has 1 fully saturated rings. The molecule has 1 aliphatic rings. The highest BCUT2D eigenvalue weighted by molar-refractivity contribution is 7.89. The fourth-order valence-corrected chi connectivity index (χ4v) is 5.36. The van der Waals surface area contributed by atoms with Gasteiger partial charge in [0.2, 0.25) is 15.9 Å². The van der Waals surface area contributed by atoms with Crippen molar-refractivity contribution in [3.63, 3.8) is 0 Å². The molecule has 2 aromatic carbocycles. The second kappa shape index (κ2) is 10.0. The lowest BCUT2D eigenvalue weighted by Gasteiger charge is -2.31. The Bertz CT molecular complexity index is 1030. The summed E-state index contributed by atoms with van der Waals surface area (Å²) in [5.74, 6) is -0.592. The van der Waals surface area contributed by atoms with E-state index >= 15 is 0 Å². The van der Waals surface area contributed by atoms with Gasteiger partial charge in [-0.25, -0.2) is 8.42 Å². The fourth-order valence-electron chi connectivity index (χ4n) is 3.68. The van der Waals surface area contributed by atoms with Crippen LogP contribution in [0.3, 0.4) is 0 Å². The minimum Gasteiger partial charge on any atom is -0.380 e. The first-order valence-corrected chi connectivity index (χ1v) is 11.6. The lowest BCUT2D eigenvalue weighted by atomic mass is 9.97. The van der Waals surface area contributed by atoms with Crippen molar-refractivity contribution in [1.82, 2.24) is 9.62 Å². The normalized spacial score (nSPS) is 16.1. The Morgan fingerprint density at radius 3 is 2.25 bits per heavy atom. The van der Waals surface area contributed by atoms with Crippen LogP contribution in [0.4, 0.5) is 13.2 Å². The number of sulfonamides is 1. The third-order valence-electron chi connectivity index (χ3n) is 5.44. The first kappa shape index (κ1) is 24.2. The SMILES string of the molecule is COCc1ccc(CNC(=O)C2CCN(S(=O)(=O)c3ccccc3C(F)(F)F)CC2)cc1. The number of nitrogens with zero attached hydrogens (tertiary/aromatic N) is 1. The van der Waals surface area contributed by atoms with Crippen LogP contribution in [0.2, 0.25) is 0 Å². The summed E-state index contributed by atoms with van der Waals surface area (Å²) in [6.07, 6.45) is -4.29. The largest absolute Gasteiger partial charge is 0.417 e. The molecular weight excluding hydrogens is 445 g/mol. The number of alkyl halides is 3. The van der Waals surface area contributed by atoms with Crippen molar-refractivity contribution < 1.29 is 31.1 Å². The minimum absolute atomic E-state index is 0.0155. The van der Waals surface area contributed by atoms with E-state index in [1.165, 1.54) is 6.07 Å². The molecule has 0 aromatic heterocycles. The number of carbonyl (C=O) groups excluding carboxylic acids is 1. The van der Waals surface area contributed by atoms with Crippen LogP contribution in [-0.4, -0.2) is 38.8 Å². The van der Waals surface area contributed by atoms with Crippen LogP contribution in [0.25, 0.3) is 0 Å². The standard InChI is InChI=1S/C22H25F3N2O4S/c1-31-15-17-8-6-16(7-9-17)14-26-21(28)18-10-12-27(13-11-18)32(29,30)20-5-3-2-4-19(20)22(23,24)25/h2-9,18H,10-15H2,1H3,(H,26,28). The van der Waals surface area contributed by atoms with Gasteiger partial charge in [-0.15, -0.1) is 0 Å². The van der Waals surface area contributed by atoms with Gasteiger partial charge < -0.3 is 10.1 Å². The lowest BCUT2D eigenvalue weighted by Crippen LogP contribution is -2.43. The molecule has 0 radical (unpaired) electrons. The van der Waals surface area contributed by atoms with Crippen molar-refractivity contribution in [3.8, 4) is 0 Å². The zero-order chi connectivity index (χ0) is 23.4. The Kier molecular flexibility index (Phi) is 7.58. The maximum atomic E-state index is 13.3. The summed E-state index contributed by atoms with van der Waals surface area (Å²) in [6.45, 7) is 0.807. The molecule has 1 saturated heterocycles. The van der Waals surface area contributed by atoms with Gasteiger partial charge in [0.1, 0.15) is 0 Å². The summed E-state index contributed by atoms with van der Waals surface area (Å²) in [4.78, 5) is 11.7. The van der Waals surface area contributed by atoms with E-state index < -0.39 is 32.6 Å². The molecule has 174 valence electrons. The van der Waals surface area contributed by atoms with Gasteiger partial charge in [0.05, 0.1) is 17.1 Å². The predicted molar refractivity (Wildman–Crippen MR) is 112 cm³/mol. The molecule has 3 rings (SSSR count). The third kappa shape index (κ3) is 5.67. The summed E-state index contributed by atoms with van der Waals surface area (Å²) >= 11 is 0. The average molecular weight is 471 g/mol. The Hall–Kier alpha value is -2.43. The lowest BCUT2D eigenvalue weighted by molar-refractivity contribution is -0.139. The van der Waals surface area contributed by atoms with Crippen molar-refractivity contribution in [2.75, 3.05) is 20.2 Å². The molecule has 0 atom stereocenters. The van der Waals surface area contributed by atoms with Crippen LogP contribution in [-0.2, 0) is 38.9 Å². The number of methoxy groups -OCH3 is 1. The number of amides is 1. The van der Waals surface area contributed by atoms with Gasteiger partial charge in [-0.2, -0.15) is 17.5 Å². The molecule has 2 aromatic rings. The first-order valence-electron chi connectivity index (χ1n) is 10.1. The molecular formula is C22H25F3N2O4S. The number of halogens is 3. The maximum Gasteiger partial charge on any atom is 0.417 e. The second-order valence-electron chi connectivity index (χ2n) is 7.64. The molecule has 1 N–H and O–H groups in total. The van der Waals surface area contributed by atoms with Gasteiger partial charge in [0.25, 0.3) is 0 Å². The van der Waals surface area contributed by atoms with Gasteiger partial charge in [0, 0.05) is 32.7 Å². The highest BCUT2D eigenvalue weighted by Crippen LogP contribution is 2.36. The van der Waals surface area contributed by atoms with Gasteiger partial charge in [0.15, 0.2) is 0 Å². The summed E-state index contributed by atoms with van der Waals surface area (Å²) in [7, 11) is -2.71. The van der Waals surface area contributed by atoms with Crippen LogP contribution < -0.4 is 5.32 Å². The van der Waals surface area contributed by atoms with E-state index in [9.17, 15) is 26.4 Å². The minimum atomic E-state index is -4.77. The molecule has 6 nitrogen and oxygen atoms in total. The predicted octanol–water partition coefficient (Wildman–Crippen LogP) is 3.57. The molecule has 1 amide bonds. The molecule has 10 heteroatoms. The molecule has 32 heavy (non-hydrogen) atoms. The van der Waals surface area contributed by atoms with Gasteiger partial charge in [-0.3, -0.25) is 4.79 Å². The molecule has 0 spiro atoms. The molecule has 0 unspecified atom stereocenters. The Morgan fingerprint density at radius 1 is 1.06 bits per heavy atom. The number of piperidine rings is 1. The van der Waals surface area contributed by atoms with Crippen LogP contribution in [0.15, 0.2) is 53.4 Å². The van der Waals surface area contributed by atoms with E-state index in [0.717, 1.165) is 33.6 Å².